The highest BCUT2D eigenvalue weighted by molar-refractivity contribution is 8.00. The summed E-state index contributed by atoms with van der Waals surface area (Å²) in [7, 11) is 1.63. The Bertz CT molecular complexity index is 625. The van der Waals surface area contributed by atoms with Gasteiger partial charge in [0.05, 0.1) is 12.4 Å². The Morgan fingerprint density at radius 1 is 1.27 bits per heavy atom. The van der Waals surface area contributed by atoms with Gasteiger partial charge in [-0.1, -0.05) is 11.8 Å². The number of nitrogens with zero attached hydrogens (tertiary/aromatic N) is 2. The number of carbonyl (C=O) groups excluding carboxylic acids is 1. The first-order valence-electron chi connectivity index (χ1n) is 7.03. The summed E-state index contributed by atoms with van der Waals surface area (Å²) in [6.45, 7) is 5.71. The predicted octanol–water partition coefficient (Wildman–Crippen LogP) is 2.49. The van der Waals surface area contributed by atoms with Crippen molar-refractivity contribution in [1.29, 1.82) is 0 Å². The molecule has 0 bridgehead atoms. The summed E-state index contributed by atoms with van der Waals surface area (Å²) in [6, 6.07) is 7.66. The van der Waals surface area contributed by atoms with Gasteiger partial charge in [-0.05, 0) is 45.0 Å². The molecule has 2 aromatic rings. The monoisotopic (exact) mass is 320 g/mol. The van der Waals surface area contributed by atoms with E-state index in [-0.39, 0.29) is 17.2 Å². The average molecular weight is 320 g/mol. The Morgan fingerprint density at radius 3 is 2.55 bits per heavy atom. The Hall–Kier alpha value is -2.02. The number of amides is 1. The van der Waals surface area contributed by atoms with Crippen LogP contribution in [0.2, 0.25) is 0 Å². The van der Waals surface area contributed by atoms with Crippen LogP contribution in [-0.4, -0.2) is 39.5 Å². The van der Waals surface area contributed by atoms with Crippen molar-refractivity contribution in [2.45, 2.75) is 37.2 Å². The van der Waals surface area contributed by atoms with E-state index in [9.17, 15) is 4.79 Å². The van der Waals surface area contributed by atoms with E-state index < -0.39 is 0 Å². The molecule has 0 aliphatic carbocycles. The molecule has 0 saturated heterocycles. The van der Waals surface area contributed by atoms with Crippen LogP contribution in [0.1, 0.15) is 20.8 Å². The maximum Gasteiger partial charge on any atom is 0.233 e. The van der Waals surface area contributed by atoms with Gasteiger partial charge in [-0.25, -0.2) is 4.98 Å². The minimum Gasteiger partial charge on any atom is -0.497 e. The molecule has 1 aromatic carbocycles. The number of carbonyl (C=O) groups is 1. The second kappa shape index (κ2) is 7.31. The number of thioether (sulfide) groups is 1. The van der Waals surface area contributed by atoms with Gasteiger partial charge in [0.15, 0.2) is 5.82 Å². The third kappa shape index (κ3) is 4.24. The lowest BCUT2D eigenvalue weighted by molar-refractivity contribution is -0.120. The number of hydrogen-bond donors (Lipinski definition) is 2. The van der Waals surface area contributed by atoms with Gasteiger partial charge in [-0.2, -0.15) is 0 Å². The number of methoxy groups -OCH3 is 1. The minimum absolute atomic E-state index is 0.0178. The quantitative estimate of drug-likeness (QED) is 0.799. The largest absolute Gasteiger partial charge is 0.497 e. The molecule has 1 aromatic heterocycles. The summed E-state index contributed by atoms with van der Waals surface area (Å²) >= 11 is 1.33. The molecule has 22 heavy (non-hydrogen) atoms. The molecule has 7 heteroatoms. The molecule has 0 saturated carbocycles. The van der Waals surface area contributed by atoms with Crippen LogP contribution in [0, 0.1) is 0 Å². The first-order chi connectivity index (χ1) is 10.5. The molecule has 0 spiro atoms. The third-order valence-electron chi connectivity index (χ3n) is 2.91. The van der Waals surface area contributed by atoms with Crippen molar-refractivity contribution < 1.29 is 9.53 Å². The van der Waals surface area contributed by atoms with Gasteiger partial charge in [0.25, 0.3) is 0 Å². The van der Waals surface area contributed by atoms with Crippen LogP contribution in [-0.2, 0) is 4.79 Å². The molecule has 0 aliphatic heterocycles. The normalized spacial score (nSPS) is 12.2. The molecule has 0 unspecified atom stereocenters. The van der Waals surface area contributed by atoms with Crippen molar-refractivity contribution in [2.24, 2.45) is 0 Å². The van der Waals surface area contributed by atoms with Gasteiger partial charge in [-0.15, -0.1) is 5.10 Å². The van der Waals surface area contributed by atoms with Crippen molar-refractivity contribution in [3.05, 3.63) is 24.3 Å². The average Bonchev–Trinajstić information content (AvgIpc) is 2.95. The molecule has 6 nitrogen and oxygen atoms in total. The van der Waals surface area contributed by atoms with Crippen LogP contribution in [0.15, 0.2) is 29.4 Å². The molecule has 2 N–H and O–H groups in total. The molecular weight excluding hydrogens is 300 g/mol. The van der Waals surface area contributed by atoms with E-state index >= 15 is 0 Å². The van der Waals surface area contributed by atoms with Crippen molar-refractivity contribution in [3.63, 3.8) is 0 Å². The first kappa shape index (κ1) is 16.4. The summed E-state index contributed by atoms with van der Waals surface area (Å²) < 4.78 is 5.13. The number of rotatable bonds is 6. The number of nitrogens with one attached hydrogen (secondary N) is 2. The van der Waals surface area contributed by atoms with Crippen LogP contribution in [0.5, 0.6) is 5.75 Å². The van der Waals surface area contributed by atoms with Gasteiger partial charge < -0.3 is 10.1 Å². The summed E-state index contributed by atoms with van der Waals surface area (Å²) in [4.78, 5) is 16.3. The van der Waals surface area contributed by atoms with Gasteiger partial charge in [-0.3, -0.25) is 9.89 Å². The van der Waals surface area contributed by atoms with Gasteiger partial charge >= 0.3 is 0 Å². The maximum absolute atomic E-state index is 11.9. The van der Waals surface area contributed by atoms with Gasteiger partial charge in [0.2, 0.25) is 11.1 Å². The maximum atomic E-state index is 11.9. The number of hydrogen-bond acceptors (Lipinski definition) is 5. The van der Waals surface area contributed by atoms with Crippen molar-refractivity contribution in [2.75, 3.05) is 7.11 Å². The smallest absolute Gasteiger partial charge is 0.233 e. The zero-order valence-corrected chi connectivity index (χ0v) is 13.9. The van der Waals surface area contributed by atoms with E-state index in [0.717, 1.165) is 11.3 Å². The fourth-order valence-corrected chi connectivity index (χ4v) is 2.52. The summed E-state index contributed by atoms with van der Waals surface area (Å²) in [6.07, 6.45) is 0. The van der Waals surface area contributed by atoms with E-state index in [1.807, 2.05) is 45.0 Å². The predicted molar refractivity (Wildman–Crippen MR) is 87.0 cm³/mol. The number of aromatic nitrogens is 3. The summed E-state index contributed by atoms with van der Waals surface area (Å²) in [5, 5.41) is 10.2. The SMILES string of the molecule is COc1ccc(-c2nc(S[C@@H](C)C(=O)NC(C)C)n[nH]2)cc1. The molecule has 2 rings (SSSR count). The first-order valence-corrected chi connectivity index (χ1v) is 7.91. The lowest BCUT2D eigenvalue weighted by atomic mass is 10.2. The Balaban J connectivity index is 2.03. The molecule has 0 radical (unpaired) electrons. The van der Waals surface area contributed by atoms with E-state index in [0.29, 0.717) is 11.0 Å². The Labute approximate surface area is 134 Å². The highest BCUT2D eigenvalue weighted by Gasteiger charge is 2.17. The molecule has 1 amide bonds. The molecule has 0 fully saturated rings. The highest BCUT2D eigenvalue weighted by atomic mass is 32.2. The summed E-state index contributed by atoms with van der Waals surface area (Å²) in [5.41, 5.74) is 0.916. The topological polar surface area (TPSA) is 79.9 Å². The van der Waals surface area contributed by atoms with Crippen LogP contribution >= 0.6 is 11.8 Å². The van der Waals surface area contributed by atoms with E-state index in [4.69, 9.17) is 4.74 Å². The molecule has 1 heterocycles. The molecular formula is C15H20N4O2S. The summed E-state index contributed by atoms with van der Waals surface area (Å²) in [5.74, 6) is 1.44. The number of ether oxygens (including phenoxy) is 1. The number of benzene rings is 1. The van der Waals surface area contributed by atoms with Crippen LogP contribution in [0.25, 0.3) is 11.4 Å². The van der Waals surface area contributed by atoms with Crippen LogP contribution < -0.4 is 10.1 Å². The second-order valence-electron chi connectivity index (χ2n) is 5.12. The zero-order valence-electron chi connectivity index (χ0n) is 13.1. The van der Waals surface area contributed by atoms with E-state index in [1.54, 1.807) is 7.11 Å². The third-order valence-corrected chi connectivity index (χ3v) is 3.87. The number of H-pyrrole nitrogens is 1. The van der Waals surface area contributed by atoms with Crippen molar-refractivity contribution >= 4 is 17.7 Å². The van der Waals surface area contributed by atoms with Gasteiger partial charge in [0.1, 0.15) is 5.75 Å². The molecule has 1 atom stereocenters. The Kier molecular flexibility index (Phi) is 5.43. The van der Waals surface area contributed by atoms with E-state index in [1.165, 1.54) is 11.8 Å². The molecule has 0 aliphatic rings. The van der Waals surface area contributed by atoms with Crippen molar-refractivity contribution in [3.8, 4) is 17.1 Å². The lowest BCUT2D eigenvalue weighted by Gasteiger charge is -2.12. The highest BCUT2D eigenvalue weighted by Crippen LogP contribution is 2.24. The van der Waals surface area contributed by atoms with Crippen molar-refractivity contribution in [1.82, 2.24) is 20.5 Å². The fourth-order valence-electron chi connectivity index (χ4n) is 1.79. The van der Waals surface area contributed by atoms with Crippen LogP contribution in [0.3, 0.4) is 0 Å². The van der Waals surface area contributed by atoms with Gasteiger partial charge in [0, 0.05) is 11.6 Å². The van der Waals surface area contributed by atoms with Crippen LogP contribution in [0.4, 0.5) is 0 Å². The molecule has 118 valence electrons. The second-order valence-corrected chi connectivity index (χ2v) is 6.43. The lowest BCUT2D eigenvalue weighted by Crippen LogP contribution is -2.35. The Morgan fingerprint density at radius 2 is 1.95 bits per heavy atom. The number of aromatic amines is 1. The fraction of sp³-hybridized carbons (Fsp3) is 0.400. The standard InChI is InChI=1S/C15H20N4O2S/c1-9(2)16-14(20)10(3)22-15-17-13(18-19-15)11-5-7-12(21-4)8-6-11/h5-10H,1-4H3,(H,16,20)(H,17,18,19)/t10-/m0/s1. The minimum atomic E-state index is -0.248. The zero-order chi connectivity index (χ0) is 16.1. The van der Waals surface area contributed by atoms with E-state index in [2.05, 4.69) is 20.5 Å².